The number of nitrogens with zero attached hydrogens (tertiary/aromatic N) is 4. The number of ether oxygens (including phenoxy) is 3. The molecule has 314 valence electrons. The van der Waals surface area contributed by atoms with Crippen LogP contribution in [0.5, 0.6) is 0 Å². The Kier molecular flexibility index (Phi) is 23.1. The number of carbonyl (C=O) groups is 5. The second-order valence-electron chi connectivity index (χ2n) is 17.5. The highest BCUT2D eigenvalue weighted by molar-refractivity contribution is 5.78. The fourth-order valence-corrected chi connectivity index (χ4v) is 6.01. The summed E-state index contributed by atoms with van der Waals surface area (Å²) in [6.07, 6.45) is 9.48. The van der Waals surface area contributed by atoms with Crippen LogP contribution < -0.4 is 5.32 Å². The number of hydrogen-bond donors (Lipinski definition) is 2. The third-order valence-electron chi connectivity index (χ3n) is 8.50. The van der Waals surface area contributed by atoms with Gasteiger partial charge in [-0.25, -0.2) is 0 Å². The Balaban J connectivity index is 2.92. The average molecular weight is 770 g/mol. The zero-order chi connectivity index (χ0) is 40.8. The van der Waals surface area contributed by atoms with E-state index < -0.39 is 22.8 Å². The molecule has 0 unspecified atom stereocenters. The molecule has 0 aromatic carbocycles. The van der Waals surface area contributed by atoms with Crippen molar-refractivity contribution in [1.29, 1.82) is 0 Å². The minimum absolute atomic E-state index is 0.0654. The molecule has 14 nitrogen and oxygen atoms in total. The Morgan fingerprint density at radius 1 is 0.463 bits per heavy atom. The van der Waals surface area contributed by atoms with Gasteiger partial charge in [-0.2, -0.15) is 0 Å². The summed E-state index contributed by atoms with van der Waals surface area (Å²) in [4.78, 5) is 70.6. The molecule has 2 N–H and O–H groups in total. The highest BCUT2D eigenvalue weighted by Gasteiger charge is 2.26. The van der Waals surface area contributed by atoms with Crippen LogP contribution >= 0.6 is 0 Å². The lowest BCUT2D eigenvalue weighted by atomic mass is 10.1. The van der Waals surface area contributed by atoms with Gasteiger partial charge in [-0.05, 0) is 75.2 Å². The van der Waals surface area contributed by atoms with E-state index in [1.165, 1.54) is 0 Å². The van der Waals surface area contributed by atoms with E-state index in [0.29, 0.717) is 58.9 Å². The number of aliphatic carboxylic acids is 1. The molecule has 1 aliphatic rings. The van der Waals surface area contributed by atoms with Crippen molar-refractivity contribution in [2.45, 2.75) is 143 Å². The first-order chi connectivity index (χ1) is 25.1. The molecule has 0 aromatic heterocycles. The normalized spacial score (nSPS) is 16.5. The maximum absolute atomic E-state index is 13.1. The highest BCUT2D eigenvalue weighted by Crippen LogP contribution is 2.13. The van der Waals surface area contributed by atoms with Gasteiger partial charge in [0.15, 0.2) is 0 Å². The van der Waals surface area contributed by atoms with Crippen molar-refractivity contribution in [2.75, 3.05) is 85.1 Å². The second kappa shape index (κ2) is 25.4. The Bertz CT molecular complexity index is 1080. The molecular formula is C40H75N5O9. The summed E-state index contributed by atoms with van der Waals surface area (Å²) in [7, 11) is 0. The van der Waals surface area contributed by atoms with Gasteiger partial charge in [0.05, 0.1) is 26.2 Å². The first-order valence-electron chi connectivity index (χ1n) is 20.1. The van der Waals surface area contributed by atoms with E-state index in [0.717, 1.165) is 57.8 Å². The number of carbonyl (C=O) groups excluding carboxylic acids is 4. The quantitative estimate of drug-likeness (QED) is 0.103. The average Bonchev–Trinajstić information content (AvgIpc) is 2.99. The Morgan fingerprint density at radius 2 is 0.741 bits per heavy atom. The fourth-order valence-electron chi connectivity index (χ4n) is 6.01. The molecule has 1 aliphatic heterocycles. The van der Waals surface area contributed by atoms with Gasteiger partial charge in [0, 0.05) is 65.3 Å². The number of hydrogen-bond acceptors (Lipinski definition) is 12. The molecule has 14 heteroatoms. The van der Waals surface area contributed by atoms with Crippen LogP contribution in [0.1, 0.15) is 127 Å². The first-order valence-corrected chi connectivity index (χ1v) is 20.1. The predicted octanol–water partition coefficient (Wildman–Crippen LogP) is 4.33. The van der Waals surface area contributed by atoms with E-state index in [2.05, 4.69) is 10.2 Å². The second-order valence-corrected chi connectivity index (χ2v) is 17.5. The zero-order valence-corrected chi connectivity index (χ0v) is 35.3. The third kappa shape index (κ3) is 28.6. The van der Waals surface area contributed by atoms with Crippen LogP contribution in [0.25, 0.3) is 0 Å². The lowest BCUT2D eigenvalue weighted by molar-refractivity contribution is -0.158. The zero-order valence-electron chi connectivity index (χ0n) is 35.3. The molecular weight excluding hydrogens is 694 g/mol. The maximum atomic E-state index is 13.1. The number of esters is 3. The standard InChI is InChI=1S/C40H75N5O9/c1-38(2,3)52-35(49)30-43-23-21-42(29-33(46)41-20-18-16-14-12-10-11-13-15-17-19-34(47)48)22-24-44(31-36(50)53-39(4,5)6)26-28-45(27-25-43)32-37(51)54-40(7,8)9/h10-32H2,1-9H3,(H,41,46)(H,47,48). The summed E-state index contributed by atoms with van der Waals surface area (Å²) in [5.41, 5.74) is -1.88. The molecule has 0 saturated carbocycles. The van der Waals surface area contributed by atoms with Crippen molar-refractivity contribution in [3.63, 3.8) is 0 Å². The van der Waals surface area contributed by atoms with Crippen LogP contribution in [0.2, 0.25) is 0 Å². The maximum Gasteiger partial charge on any atom is 0.320 e. The summed E-state index contributed by atoms with van der Waals surface area (Å²) in [5, 5.41) is 11.8. The van der Waals surface area contributed by atoms with Gasteiger partial charge in [0.1, 0.15) is 16.8 Å². The molecule has 1 rings (SSSR count). The summed E-state index contributed by atoms with van der Waals surface area (Å²) in [6.45, 7) is 21.5. The van der Waals surface area contributed by atoms with Crippen molar-refractivity contribution in [2.24, 2.45) is 0 Å². The number of carboxylic acids is 1. The molecule has 54 heavy (non-hydrogen) atoms. The topological polar surface area (TPSA) is 158 Å². The SMILES string of the molecule is CC(C)(C)OC(=O)CN1CCN(CC(=O)NCCCCCCCCCCCC(=O)O)CCN(CC(=O)OC(C)(C)C)CCN(CC(=O)OC(C)(C)C)CC1. The van der Waals surface area contributed by atoms with E-state index >= 15 is 0 Å². The van der Waals surface area contributed by atoms with Gasteiger partial charge in [-0.1, -0.05) is 44.9 Å². The molecule has 1 fully saturated rings. The third-order valence-corrected chi connectivity index (χ3v) is 8.50. The summed E-state index contributed by atoms with van der Waals surface area (Å²) in [6, 6.07) is 0. The van der Waals surface area contributed by atoms with Gasteiger partial charge in [0.25, 0.3) is 0 Å². The molecule has 1 heterocycles. The van der Waals surface area contributed by atoms with Gasteiger partial charge >= 0.3 is 23.9 Å². The van der Waals surface area contributed by atoms with Crippen molar-refractivity contribution in [1.82, 2.24) is 24.9 Å². The molecule has 1 saturated heterocycles. The number of carboxylic acid groups (broad SMARTS) is 1. The molecule has 0 aromatic rings. The van der Waals surface area contributed by atoms with Gasteiger partial charge in [-0.15, -0.1) is 0 Å². The number of rotatable bonds is 20. The molecule has 0 aliphatic carbocycles. The minimum atomic E-state index is -0.726. The Labute approximate surface area is 325 Å². The van der Waals surface area contributed by atoms with E-state index in [-0.39, 0.29) is 56.4 Å². The van der Waals surface area contributed by atoms with Crippen LogP contribution in [-0.2, 0) is 38.2 Å². The monoisotopic (exact) mass is 770 g/mol. The summed E-state index contributed by atoms with van der Waals surface area (Å²) in [5.74, 6) is -1.81. The van der Waals surface area contributed by atoms with Crippen molar-refractivity contribution < 1.29 is 43.3 Å². The van der Waals surface area contributed by atoms with Crippen LogP contribution in [0, 0.1) is 0 Å². The molecule has 0 radical (unpaired) electrons. The van der Waals surface area contributed by atoms with E-state index in [9.17, 15) is 24.0 Å². The van der Waals surface area contributed by atoms with Crippen LogP contribution in [0.3, 0.4) is 0 Å². The van der Waals surface area contributed by atoms with E-state index in [1.807, 2.05) is 77.0 Å². The Morgan fingerprint density at radius 3 is 1.04 bits per heavy atom. The van der Waals surface area contributed by atoms with Crippen molar-refractivity contribution in [3.05, 3.63) is 0 Å². The Hall–Kier alpha value is -2.81. The van der Waals surface area contributed by atoms with Crippen molar-refractivity contribution >= 4 is 29.8 Å². The lowest BCUT2D eigenvalue weighted by Gasteiger charge is -2.34. The van der Waals surface area contributed by atoms with Crippen LogP contribution in [0.4, 0.5) is 0 Å². The number of unbranched alkanes of at least 4 members (excludes halogenated alkanes) is 8. The molecule has 0 bridgehead atoms. The van der Waals surface area contributed by atoms with Gasteiger partial charge in [0.2, 0.25) is 5.91 Å². The van der Waals surface area contributed by atoms with Crippen LogP contribution in [0.15, 0.2) is 0 Å². The lowest BCUT2D eigenvalue weighted by Crippen LogP contribution is -2.50. The van der Waals surface area contributed by atoms with Gasteiger partial charge in [-0.3, -0.25) is 43.6 Å². The molecule has 0 spiro atoms. The fraction of sp³-hybridized carbons (Fsp3) is 0.875. The summed E-state index contributed by atoms with van der Waals surface area (Å²) >= 11 is 0. The smallest absolute Gasteiger partial charge is 0.320 e. The molecule has 0 atom stereocenters. The number of nitrogens with one attached hydrogen (secondary N) is 1. The molecule has 1 amide bonds. The van der Waals surface area contributed by atoms with Crippen LogP contribution in [-0.4, -0.2) is 156 Å². The number of amides is 1. The van der Waals surface area contributed by atoms with Crippen molar-refractivity contribution in [3.8, 4) is 0 Å². The highest BCUT2D eigenvalue weighted by atomic mass is 16.6. The minimum Gasteiger partial charge on any atom is -0.481 e. The van der Waals surface area contributed by atoms with E-state index in [4.69, 9.17) is 19.3 Å². The van der Waals surface area contributed by atoms with Gasteiger partial charge < -0.3 is 24.6 Å². The largest absolute Gasteiger partial charge is 0.481 e. The first kappa shape index (κ1) is 49.2. The summed E-state index contributed by atoms with van der Waals surface area (Å²) < 4.78 is 16.9. The van der Waals surface area contributed by atoms with E-state index in [1.54, 1.807) is 0 Å². The predicted molar refractivity (Wildman–Crippen MR) is 210 cm³/mol.